The minimum atomic E-state index is -0.811. The van der Waals surface area contributed by atoms with Crippen LogP contribution in [0.15, 0.2) is 34.7 Å². The van der Waals surface area contributed by atoms with Crippen molar-refractivity contribution in [2.75, 3.05) is 18.5 Å². The standard InChI is InChI=1S/C15H17BrO3/c1-14(2)9-17-15(8-16,18-10-14)13-7-11-5-3-4-6-12(11)19-13/h3-7H,8-10H2,1-2H3. The first-order valence-electron chi connectivity index (χ1n) is 6.38. The average Bonchev–Trinajstić information content (AvgIpc) is 2.84. The van der Waals surface area contributed by atoms with Gasteiger partial charge < -0.3 is 13.9 Å². The van der Waals surface area contributed by atoms with Gasteiger partial charge in [-0.1, -0.05) is 48.0 Å². The van der Waals surface area contributed by atoms with Crippen molar-refractivity contribution in [1.82, 2.24) is 0 Å². The summed E-state index contributed by atoms with van der Waals surface area (Å²) in [6, 6.07) is 9.93. The summed E-state index contributed by atoms with van der Waals surface area (Å²) in [5.74, 6) is -0.0878. The fourth-order valence-corrected chi connectivity index (χ4v) is 2.76. The largest absolute Gasteiger partial charge is 0.455 e. The number of hydrogen-bond donors (Lipinski definition) is 0. The molecule has 0 radical (unpaired) electrons. The number of halogens is 1. The number of fused-ring (bicyclic) bond motifs is 1. The Bertz CT molecular complexity index is 545. The number of para-hydroxylation sites is 1. The van der Waals surface area contributed by atoms with Crippen LogP contribution >= 0.6 is 15.9 Å². The molecule has 0 N–H and O–H groups in total. The van der Waals surface area contributed by atoms with E-state index in [1.165, 1.54) is 0 Å². The van der Waals surface area contributed by atoms with Gasteiger partial charge in [0.1, 0.15) is 5.58 Å². The van der Waals surface area contributed by atoms with Crippen molar-refractivity contribution < 1.29 is 13.9 Å². The Hall–Kier alpha value is -0.840. The van der Waals surface area contributed by atoms with Crippen LogP contribution in [0, 0.1) is 5.41 Å². The Labute approximate surface area is 121 Å². The van der Waals surface area contributed by atoms with Gasteiger partial charge in [0.05, 0.1) is 18.5 Å². The number of furan rings is 1. The van der Waals surface area contributed by atoms with Crippen molar-refractivity contribution >= 4 is 26.9 Å². The molecule has 0 atom stereocenters. The highest BCUT2D eigenvalue weighted by Gasteiger charge is 2.44. The lowest BCUT2D eigenvalue weighted by Gasteiger charge is -2.41. The van der Waals surface area contributed by atoms with Gasteiger partial charge in [-0.25, -0.2) is 0 Å². The van der Waals surface area contributed by atoms with E-state index in [-0.39, 0.29) is 5.41 Å². The minimum Gasteiger partial charge on any atom is -0.455 e. The summed E-state index contributed by atoms with van der Waals surface area (Å²) in [6.07, 6.45) is 0. The van der Waals surface area contributed by atoms with Crippen LogP contribution in [0.2, 0.25) is 0 Å². The van der Waals surface area contributed by atoms with Gasteiger partial charge in [0.15, 0.2) is 5.76 Å². The third-order valence-electron chi connectivity index (χ3n) is 3.37. The molecule has 1 aromatic heterocycles. The second-order valence-electron chi connectivity index (χ2n) is 5.78. The Morgan fingerprint density at radius 1 is 1.16 bits per heavy atom. The molecule has 0 bridgehead atoms. The van der Waals surface area contributed by atoms with Crippen LogP contribution in [0.25, 0.3) is 11.0 Å². The lowest BCUT2D eigenvalue weighted by molar-refractivity contribution is -0.301. The first-order chi connectivity index (χ1) is 9.05. The van der Waals surface area contributed by atoms with Gasteiger partial charge in [-0.2, -0.15) is 0 Å². The van der Waals surface area contributed by atoms with E-state index in [1.54, 1.807) is 0 Å². The highest BCUT2D eigenvalue weighted by Crippen LogP contribution is 2.39. The molecule has 0 saturated carbocycles. The molecular weight excluding hydrogens is 308 g/mol. The molecule has 102 valence electrons. The third kappa shape index (κ3) is 2.33. The van der Waals surface area contributed by atoms with E-state index in [0.717, 1.165) is 16.7 Å². The highest BCUT2D eigenvalue weighted by molar-refractivity contribution is 9.09. The monoisotopic (exact) mass is 324 g/mol. The van der Waals surface area contributed by atoms with Gasteiger partial charge in [-0.15, -0.1) is 0 Å². The predicted molar refractivity (Wildman–Crippen MR) is 77.4 cm³/mol. The van der Waals surface area contributed by atoms with E-state index in [1.807, 2.05) is 30.3 Å². The van der Waals surface area contributed by atoms with E-state index in [0.29, 0.717) is 18.5 Å². The molecule has 0 unspecified atom stereocenters. The fourth-order valence-electron chi connectivity index (χ4n) is 2.16. The van der Waals surface area contributed by atoms with Crippen LogP contribution in [0.3, 0.4) is 0 Å². The van der Waals surface area contributed by atoms with Crippen LogP contribution in [0.5, 0.6) is 0 Å². The van der Waals surface area contributed by atoms with Crippen molar-refractivity contribution in [3.8, 4) is 0 Å². The number of benzene rings is 1. The van der Waals surface area contributed by atoms with E-state index >= 15 is 0 Å². The van der Waals surface area contributed by atoms with Crippen molar-refractivity contribution in [2.24, 2.45) is 5.41 Å². The molecule has 3 rings (SSSR count). The average molecular weight is 325 g/mol. The highest BCUT2D eigenvalue weighted by atomic mass is 79.9. The first-order valence-corrected chi connectivity index (χ1v) is 7.50. The summed E-state index contributed by atoms with van der Waals surface area (Å²) in [7, 11) is 0. The molecule has 0 amide bonds. The van der Waals surface area contributed by atoms with Crippen molar-refractivity contribution in [1.29, 1.82) is 0 Å². The molecule has 1 aromatic carbocycles. The summed E-state index contributed by atoms with van der Waals surface area (Å²) in [5, 5.41) is 1.62. The minimum absolute atomic E-state index is 0.0394. The molecule has 1 saturated heterocycles. The summed E-state index contributed by atoms with van der Waals surface area (Å²) in [6.45, 7) is 5.55. The number of hydrogen-bond acceptors (Lipinski definition) is 3. The molecule has 4 heteroatoms. The van der Waals surface area contributed by atoms with Crippen molar-refractivity contribution in [3.63, 3.8) is 0 Å². The van der Waals surface area contributed by atoms with Crippen molar-refractivity contribution in [2.45, 2.75) is 19.6 Å². The molecule has 19 heavy (non-hydrogen) atoms. The molecule has 2 heterocycles. The summed E-state index contributed by atoms with van der Waals surface area (Å²) in [5.41, 5.74) is 0.896. The van der Waals surface area contributed by atoms with E-state index in [9.17, 15) is 0 Å². The maximum Gasteiger partial charge on any atom is 0.238 e. The molecule has 1 aliphatic rings. The summed E-state index contributed by atoms with van der Waals surface area (Å²) in [4.78, 5) is 0. The Kier molecular flexibility index (Phi) is 3.20. The van der Waals surface area contributed by atoms with Crippen LogP contribution in [0.1, 0.15) is 19.6 Å². The molecule has 0 spiro atoms. The lowest BCUT2D eigenvalue weighted by Crippen LogP contribution is -2.46. The molecule has 1 aliphatic heterocycles. The van der Waals surface area contributed by atoms with Crippen LogP contribution < -0.4 is 0 Å². The van der Waals surface area contributed by atoms with E-state index < -0.39 is 5.79 Å². The maximum absolute atomic E-state index is 5.98. The quantitative estimate of drug-likeness (QED) is 0.781. The van der Waals surface area contributed by atoms with Gasteiger partial charge in [-0.05, 0) is 12.1 Å². The van der Waals surface area contributed by atoms with Crippen LogP contribution in [0.4, 0.5) is 0 Å². The van der Waals surface area contributed by atoms with Gasteiger partial charge in [0, 0.05) is 10.8 Å². The normalized spacial score (nSPS) is 21.6. The second-order valence-corrected chi connectivity index (χ2v) is 6.34. The Morgan fingerprint density at radius 2 is 1.84 bits per heavy atom. The van der Waals surface area contributed by atoms with Crippen molar-refractivity contribution in [3.05, 3.63) is 36.1 Å². The van der Waals surface area contributed by atoms with Crippen LogP contribution in [-0.4, -0.2) is 18.5 Å². The Balaban J connectivity index is 1.98. The zero-order valence-electron chi connectivity index (χ0n) is 11.1. The van der Waals surface area contributed by atoms with E-state index in [2.05, 4.69) is 29.8 Å². The third-order valence-corrected chi connectivity index (χ3v) is 4.11. The summed E-state index contributed by atoms with van der Waals surface area (Å²) >= 11 is 3.49. The lowest BCUT2D eigenvalue weighted by atomic mass is 9.94. The smallest absolute Gasteiger partial charge is 0.238 e. The van der Waals surface area contributed by atoms with E-state index in [4.69, 9.17) is 13.9 Å². The van der Waals surface area contributed by atoms with Crippen LogP contribution in [-0.2, 0) is 15.3 Å². The first kappa shape index (κ1) is 13.2. The van der Waals surface area contributed by atoms with Gasteiger partial charge in [0.2, 0.25) is 5.79 Å². The zero-order valence-corrected chi connectivity index (χ0v) is 12.7. The molecule has 0 aliphatic carbocycles. The molecule has 2 aromatic rings. The number of alkyl halides is 1. The number of ether oxygens (including phenoxy) is 2. The zero-order chi connectivity index (χ0) is 13.5. The summed E-state index contributed by atoms with van der Waals surface area (Å²) < 4.78 is 17.9. The van der Waals surface area contributed by atoms with Gasteiger partial charge in [0.25, 0.3) is 0 Å². The molecular formula is C15H17BrO3. The SMILES string of the molecule is CC1(C)COC(CBr)(c2cc3ccccc3o2)OC1. The fraction of sp³-hybridized carbons (Fsp3) is 0.467. The second kappa shape index (κ2) is 4.62. The van der Waals surface area contributed by atoms with Gasteiger partial charge in [-0.3, -0.25) is 0 Å². The molecule has 3 nitrogen and oxygen atoms in total. The maximum atomic E-state index is 5.98. The predicted octanol–water partition coefficient (Wildman–Crippen LogP) is 4.05. The number of rotatable bonds is 2. The molecule has 1 fully saturated rings. The Morgan fingerprint density at radius 3 is 2.47 bits per heavy atom. The topological polar surface area (TPSA) is 31.6 Å². The van der Waals surface area contributed by atoms with Gasteiger partial charge >= 0.3 is 0 Å².